The van der Waals surface area contributed by atoms with Gasteiger partial charge >= 0.3 is 5.97 Å². The number of para-hydroxylation sites is 2. The summed E-state index contributed by atoms with van der Waals surface area (Å²) in [5.74, 6) is -0.942. The van der Waals surface area contributed by atoms with E-state index in [1.807, 2.05) is 31.2 Å². The molecule has 0 saturated heterocycles. The van der Waals surface area contributed by atoms with E-state index in [0.717, 1.165) is 17.7 Å². The Kier molecular flexibility index (Phi) is 4.65. The van der Waals surface area contributed by atoms with Gasteiger partial charge in [-0.25, -0.2) is 4.98 Å². The van der Waals surface area contributed by atoms with Gasteiger partial charge in [-0.3, -0.25) is 19.0 Å². The first-order valence-corrected chi connectivity index (χ1v) is 9.04. The molecular formula is C21H19N3O4. The lowest BCUT2D eigenvalue weighted by Gasteiger charge is -2.22. The summed E-state index contributed by atoms with van der Waals surface area (Å²) in [5.41, 5.74) is 2.19. The van der Waals surface area contributed by atoms with E-state index in [1.165, 1.54) is 10.9 Å². The number of nitrogens with zero attached hydrogens (tertiary/aromatic N) is 3. The predicted molar refractivity (Wildman–Crippen MR) is 104 cm³/mol. The Balaban J connectivity index is 1.42. The molecule has 0 spiro atoms. The third-order valence-corrected chi connectivity index (χ3v) is 4.86. The van der Waals surface area contributed by atoms with Gasteiger partial charge in [0.2, 0.25) is 0 Å². The molecule has 3 aromatic rings. The van der Waals surface area contributed by atoms with Gasteiger partial charge in [0.1, 0.15) is 6.54 Å². The molecule has 1 atom stereocenters. The van der Waals surface area contributed by atoms with Crippen LogP contribution in [0.4, 0.5) is 5.69 Å². The number of benzene rings is 2. The van der Waals surface area contributed by atoms with E-state index in [2.05, 4.69) is 4.98 Å². The van der Waals surface area contributed by atoms with Crippen LogP contribution in [0.15, 0.2) is 59.7 Å². The molecule has 2 aromatic carbocycles. The van der Waals surface area contributed by atoms with Gasteiger partial charge < -0.3 is 9.64 Å². The summed E-state index contributed by atoms with van der Waals surface area (Å²) < 4.78 is 6.32. The van der Waals surface area contributed by atoms with Gasteiger partial charge in [0.15, 0.2) is 6.61 Å². The SMILES string of the molecule is C[C@@H]1Cc2ccccc2N1C(=O)COC(=O)Cn1cnc2ccccc2c1=O. The van der Waals surface area contributed by atoms with Crippen LogP contribution in [0.3, 0.4) is 0 Å². The normalized spacial score (nSPS) is 15.5. The van der Waals surface area contributed by atoms with E-state index in [9.17, 15) is 14.4 Å². The number of esters is 1. The smallest absolute Gasteiger partial charge is 0.326 e. The van der Waals surface area contributed by atoms with Crippen molar-refractivity contribution in [3.8, 4) is 0 Å². The van der Waals surface area contributed by atoms with Crippen molar-refractivity contribution >= 4 is 28.5 Å². The maximum absolute atomic E-state index is 12.6. The van der Waals surface area contributed by atoms with Gasteiger partial charge in [-0.15, -0.1) is 0 Å². The molecule has 0 N–H and O–H groups in total. The molecule has 2 heterocycles. The number of hydrogen-bond acceptors (Lipinski definition) is 5. The van der Waals surface area contributed by atoms with Crippen molar-refractivity contribution in [2.45, 2.75) is 25.9 Å². The Bertz CT molecular complexity index is 1120. The molecule has 0 bridgehead atoms. The third-order valence-electron chi connectivity index (χ3n) is 4.86. The highest BCUT2D eigenvalue weighted by Gasteiger charge is 2.30. The highest BCUT2D eigenvalue weighted by molar-refractivity contribution is 5.97. The topological polar surface area (TPSA) is 81.5 Å². The Morgan fingerprint density at radius 2 is 1.89 bits per heavy atom. The van der Waals surface area contributed by atoms with Gasteiger partial charge in [0.05, 0.1) is 17.2 Å². The first-order chi connectivity index (χ1) is 13.5. The fourth-order valence-corrected chi connectivity index (χ4v) is 3.56. The van der Waals surface area contributed by atoms with E-state index in [-0.39, 0.29) is 30.7 Å². The largest absolute Gasteiger partial charge is 0.454 e. The second-order valence-electron chi connectivity index (χ2n) is 6.80. The van der Waals surface area contributed by atoms with Crippen molar-refractivity contribution in [3.63, 3.8) is 0 Å². The minimum atomic E-state index is -0.660. The van der Waals surface area contributed by atoms with Crippen LogP contribution in [0.25, 0.3) is 10.9 Å². The third kappa shape index (κ3) is 3.26. The summed E-state index contributed by atoms with van der Waals surface area (Å²) in [4.78, 5) is 43.0. The van der Waals surface area contributed by atoms with Crippen LogP contribution in [-0.2, 0) is 27.3 Å². The van der Waals surface area contributed by atoms with Gasteiger partial charge in [0.25, 0.3) is 11.5 Å². The summed E-state index contributed by atoms with van der Waals surface area (Å²) in [6.45, 7) is 1.30. The molecule has 0 saturated carbocycles. The van der Waals surface area contributed by atoms with Gasteiger partial charge in [-0.1, -0.05) is 30.3 Å². The fourth-order valence-electron chi connectivity index (χ4n) is 3.56. The molecule has 142 valence electrons. The van der Waals surface area contributed by atoms with Crippen molar-refractivity contribution in [2.24, 2.45) is 0 Å². The molecule has 7 nitrogen and oxygen atoms in total. The van der Waals surface area contributed by atoms with Crippen LogP contribution < -0.4 is 10.5 Å². The number of carbonyl (C=O) groups excluding carboxylic acids is 2. The van der Waals surface area contributed by atoms with E-state index in [1.54, 1.807) is 29.2 Å². The molecule has 0 unspecified atom stereocenters. The molecule has 28 heavy (non-hydrogen) atoms. The Labute approximate surface area is 161 Å². The average molecular weight is 377 g/mol. The molecule has 7 heteroatoms. The van der Waals surface area contributed by atoms with Gasteiger partial charge in [-0.05, 0) is 37.1 Å². The van der Waals surface area contributed by atoms with Crippen molar-refractivity contribution < 1.29 is 14.3 Å². The van der Waals surface area contributed by atoms with Crippen LogP contribution in [-0.4, -0.2) is 34.1 Å². The minimum Gasteiger partial charge on any atom is -0.454 e. The molecule has 4 rings (SSSR count). The Morgan fingerprint density at radius 1 is 1.14 bits per heavy atom. The van der Waals surface area contributed by atoms with Gasteiger partial charge in [0, 0.05) is 11.7 Å². The van der Waals surface area contributed by atoms with E-state index < -0.39 is 5.97 Å². The lowest BCUT2D eigenvalue weighted by Crippen LogP contribution is -2.39. The van der Waals surface area contributed by atoms with Crippen LogP contribution in [0.5, 0.6) is 0 Å². The van der Waals surface area contributed by atoms with Crippen molar-refractivity contribution in [1.29, 1.82) is 0 Å². The lowest BCUT2D eigenvalue weighted by atomic mass is 10.1. The maximum atomic E-state index is 12.6. The first kappa shape index (κ1) is 17.9. The quantitative estimate of drug-likeness (QED) is 0.649. The molecule has 1 amide bonds. The number of amides is 1. The molecule has 1 aliphatic heterocycles. The first-order valence-electron chi connectivity index (χ1n) is 9.04. The standard InChI is InChI=1S/C21H19N3O4/c1-14-10-15-6-2-5-9-18(15)24(14)19(25)12-28-20(26)11-23-13-22-17-8-4-3-7-16(17)21(23)27/h2-9,13-14H,10-12H2,1H3/t14-/m1/s1. The molecular weight excluding hydrogens is 358 g/mol. The number of fused-ring (bicyclic) bond motifs is 2. The van der Waals surface area contributed by atoms with Crippen LogP contribution in [0.1, 0.15) is 12.5 Å². The van der Waals surface area contributed by atoms with E-state index in [0.29, 0.717) is 10.9 Å². The minimum absolute atomic E-state index is 0.0101. The summed E-state index contributed by atoms with van der Waals surface area (Å²) in [7, 11) is 0. The summed E-state index contributed by atoms with van der Waals surface area (Å²) in [6.07, 6.45) is 2.08. The van der Waals surface area contributed by atoms with Crippen LogP contribution in [0, 0.1) is 0 Å². The number of hydrogen-bond donors (Lipinski definition) is 0. The number of carbonyl (C=O) groups is 2. The average Bonchev–Trinajstić information content (AvgIpc) is 3.04. The molecule has 0 aliphatic carbocycles. The van der Waals surface area contributed by atoms with Crippen LogP contribution in [0.2, 0.25) is 0 Å². The number of aromatic nitrogens is 2. The Morgan fingerprint density at radius 3 is 2.75 bits per heavy atom. The van der Waals surface area contributed by atoms with Gasteiger partial charge in [-0.2, -0.15) is 0 Å². The monoisotopic (exact) mass is 377 g/mol. The van der Waals surface area contributed by atoms with E-state index in [4.69, 9.17) is 4.74 Å². The highest BCUT2D eigenvalue weighted by atomic mass is 16.5. The summed E-state index contributed by atoms with van der Waals surface area (Å²) in [6, 6.07) is 14.6. The van der Waals surface area contributed by atoms with Crippen molar-refractivity contribution in [1.82, 2.24) is 9.55 Å². The molecule has 1 aromatic heterocycles. The zero-order valence-corrected chi connectivity index (χ0v) is 15.4. The van der Waals surface area contributed by atoms with Crippen LogP contribution >= 0.6 is 0 Å². The molecule has 1 aliphatic rings. The predicted octanol–water partition coefficient (Wildman–Crippen LogP) is 1.92. The number of rotatable bonds is 4. The second kappa shape index (κ2) is 7.26. The number of anilines is 1. The number of ether oxygens (including phenoxy) is 1. The maximum Gasteiger partial charge on any atom is 0.326 e. The zero-order valence-electron chi connectivity index (χ0n) is 15.4. The molecule has 0 fully saturated rings. The second-order valence-corrected chi connectivity index (χ2v) is 6.80. The van der Waals surface area contributed by atoms with Crippen molar-refractivity contribution in [3.05, 3.63) is 70.8 Å². The summed E-state index contributed by atoms with van der Waals surface area (Å²) >= 11 is 0. The summed E-state index contributed by atoms with van der Waals surface area (Å²) in [5, 5.41) is 0.427. The Hall–Kier alpha value is -3.48. The lowest BCUT2D eigenvalue weighted by molar-refractivity contribution is -0.148. The van der Waals surface area contributed by atoms with Crippen molar-refractivity contribution in [2.75, 3.05) is 11.5 Å². The highest BCUT2D eigenvalue weighted by Crippen LogP contribution is 2.31. The fraction of sp³-hybridized carbons (Fsp3) is 0.238. The molecule has 0 radical (unpaired) electrons. The van der Waals surface area contributed by atoms with E-state index >= 15 is 0 Å². The zero-order chi connectivity index (χ0) is 19.7.